The van der Waals surface area contributed by atoms with Crippen molar-refractivity contribution in [3.63, 3.8) is 0 Å². The highest BCUT2D eigenvalue weighted by Gasteiger charge is 2.34. The molecule has 0 saturated heterocycles. The molecule has 0 bridgehead atoms. The lowest BCUT2D eigenvalue weighted by Gasteiger charge is -2.26. The summed E-state index contributed by atoms with van der Waals surface area (Å²) < 4.78 is 16.8. The number of carbonyl (C=O) groups excluding carboxylic acids is 1. The molecule has 180 valence electrons. The van der Waals surface area contributed by atoms with Gasteiger partial charge in [-0.25, -0.2) is 0 Å². The smallest absolute Gasteiger partial charge is 0.312 e. The number of phenols is 3. The normalized spacial score (nSPS) is 14.6. The van der Waals surface area contributed by atoms with Crippen molar-refractivity contribution >= 4 is 16.9 Å². The fourth-order valence-electron chi connectivity index (χ4n) is 4.27. The Balaban J connectivity index is 1.79. The van der Waals surface area contributed by atoms with Gasteiger partial charge in [-0.1, -0.05) is 18.1 Å². The van der Waals surface area contributed by atoms with Gasteiger partial charge in [0.25, 0.3) is 0 Å². The lowest BCUT2D eigenvalue weighted by Crippen LogP contribution is -2.22. The van der Waals surface area contributed by atoms with Crippen LogP contribution in [0.25, 0.3) is 22.3 Å². The van der Waals surface area contributed by atoms with Crippen molar-refractivity contribution in [1.82, 2.24) is 0 Å². The van der Waals surface area contributed by atoms with E-state index in [0.717, 1.165) is 12.1 Å². The first-order chi connectivity index (χ1) is 17.3. The Labute approximate surface area is 203 Å². The molecular formula is C27H18O9. The number of carbonyl (C=O) groups is 1. The number of rotatable bonds is 4. The SMILES string of the molecule is C#CCOc1cccc([C@@H]2CC(=O)Oc3cc(O)c4c(=O)c(O)c(-c5ccc(O)c(O)c5)oc4c32)c1. The Kier molecular flexibility index (Phi) is 5.42. The van der Waals surface area contributed by atoms with Gasteiger partial charge in [-0.3, -0.25) is 9.59 Å². The van der Waals surface area contributed by atoms with Crippen LogP contribution >= 0.6 is 0 Å². The minimum absolute atomic E-state index is 0.00969. The quantitative estimate of drug-likeness (QED) is 0.147. The molecule has 36 heavy (non-hydrogen) atoms. The summed E-state index contributed by atoms with van der Waals surface area (Å²) in [4.78, 5) is 25.6. The van der Waals surface area contributed by atoms with Crippen LogP contribution in [0.4, 0.5) is 0 Å². The molecule has 0 amide bonds. The van der Waals surface area contributed by atoms with Crippen molar-refractivity contribution in [2.75, 3.05) is 6.61 Å². The molecule has 0 radical (unpaired) electrons. The van der Waals surface area contributed by atoms with Crippen LogP contribution in [0.2, 0.25) is 0 Å². The van der Waals surface area contributed by atoms with Gasteiger partial charge in [0.15, 0.2) is 17.3 Å². The molecule has 9 heteroatoms. The standard InChI is InChI=1S/C27H18O9/c1-2-8-34-15-5-3-4-13(9-15)16-11-21(31)35-20-12-19(30)23-24(32)25(33)26(36-27(23)22(16)20)14-6-7-17(28)18(29)10-14/h1,3-7,9-10,12,16,28-30,33H,8,11H2/t16-/m0/s1. The van der Waals surface area contributed by atoms with Gasteiger partial charge >= 0.3 is 5.97 Å². The second kappa shape index (κ2) is 8.60. The van der Waals surface area contributed by atoms with Crippen molar-refractivity contribution in [1.29, 1.82) is 0 Å². The molecule has 0 aliphatic carbocycles. The summed E-state index contributed by atoms with van der Waals surface area (Å²) >= 11 is 0. The Morgan fingerprint density at radius 3 is 2.56 bits per heavy atom. The summed E-state index contributed by atoms with van der Waals surface area (Å²) in [6, 6.07) is 11.6. The highest BCUT2D eigenvalue weighted by molar-refractivity contribution is 5.94. The molecule has 0 saturated carbocycles. The van der Waals surface area contributed by atoms with E-state index < -0.39 is 40.3 Å². The molecule has 9 nitrogen and oxygen atoms in total. The number of hydrogen-bond acceptors (Lipinski definition) is 9. The zero-order valence-corrected chi connectivity index (χ0v) is 18.5. The van der Waals surface area contributed by atoms with Gasteiger partial charge in [0.05, 0.1) is 6.42 Å². The number of benzene rings is 3. The number of esters is 1. The second-order valence-electron chi connectivity index (χ2n) is 8.12. The van der Waals surface area contributed by atoms with E-state index in [0.29, 0.717) is 16.9 Å². The number of aromatic hydroxyl groups is 4. The molecule has 0 fully saturated rings. The van der Waals surface area contributed by atoms with E-state index in [-0.39, 0.29) is 41.1 Å². The van der Waals surface area contributed by atoms with E-state index in [1.54, 1.807) is 24.3 Å². The highest BCUT2D eigenvalue weighted by atomic mass is 16.5. The van der Waals surface area contributed by atoms with Crippen LogP contribution in [0.5, 0.6) is 34.5 Å². The Hall–Kier alpha value is -5.10. The predicted molar refractivity (Wildman–Crippen MR) is 127 cm³/mol. The third-order valence-corrected chi connectivity index (χ3v) is 5.89. The Morgan fingerprint density at radius 1 is 1.00 bits per heavy atom. The lowest BCUT2D eigenvalue weighted by molar-refractivity contribution is -0.135. The van der Waals surface area contributed by atoms with Crippen LogP contribution in [0, 0.1) is 12.3 Å². The number of phenolic OH excluding ortho intramolecular Hbond substituents is 3. The average molecular weight is 486 g/mol. The minimum Gasteiger partial charge on any atom is -0.507 e. The summed E-state index contributed by atoms with van der Waals surface area (Å²) in [6.45, 7) is 0.0422. The highest BCUT2D eigenvalue weighted by Crippen LogP contribution is 2.47. The van der Waals surface area contributed by atoms with E-state index >= 15 is 0 Å². The molecule has 0 spiro atoms. The van der Waals surface area contributed by atoms with E-state index in [1.165, 1.54) is 12.1 Å². The van der Waals surface area contributed by atoms with E-state index in [2.05, 4.69) is 5.92 Å². The fraction of sp³-hybridized carbons (Fsp3) is 0.111. The topological polar surface area (TPSA) is 147 Å². The van der Waals surface area contributed by atoms with Crippen LogP contribution in [0.3, 0.4) is 0 Å². The first kappa shape index (κ1) is 22.7. The third-order valence-electron chi connectivity index (χ3n) is 5.89. The summed E-state index contributed by atoms with van der Waals surface area (Å²) in [6.07, 6.45) is 5.16. The molecule has 1 aliphatic rings. The zero-order chi connectivity index (χ0) is 25.6. The molecule has 3 aromatic carbocycles. The number of fused-ring (bicyclic) bond motifs is 3. The summed E-state index contributed by atoms with van der Waals surface area (Å²) in [5, 5.41) is 40.4. The van der Waals surface area contributed by atoms with Crippen molar-refractivity contribution in [3.8, 4) is 58.2 Å². The molecule has 2 heterocycles. The summed E-state index contributed by atoms with van der Waals surface area (Å²) in [7, 11) is 0. The third kappa shape index (κ3) is 3.71. The molecule has 1 aliphatic heterocycles. The first-order valence-corrected chi connectivity index (χ1v) is 10.7. The van der Waals surface area contributed by atoms with Gasteiger partial charge in [0.1, 0.15) is 34.8 Å². The maximum absolute atomic E-state index is 13.1. The Morgan fingerprint density at radius 2 is 1.81 bits per heavy atom. The number of terminal acetylenes is 1. The van der Waals surface area contributed by atoms with Crippen LogP contribution in [-0.4, -0.2) is 33.0 Å². The average Bonchev–Trinajstić information content (AvgIpc) is 2.85. The molecule has 5 rings (SSSR count). The number of ether oxygens (including phenoxy) is 2. The second-order valence-corrected chi connectivity index (χ2v) is 8.12. The summed E-state index contributed by atoms with van der Waals surface area (Å²) in [5.74, 6) is -0.958. The molecule has 1 atom stereocenters. The van der Waals surface area contributed by atoms with Crippen molar-refractivity contribution in [2.24, 2.45) is 0 Å². The number of hydrogen-bond donors (Lipinski definition) is 4. The van der Waals surface area contributed by atoms with Gasteiger partial charge in [0, 0.05) is 23.1 Å². The van der Waals surface area contributed by atoms with Gasteiger partial charge in [0.2, 0.25) is 11.2 Å². The fourth-order valence-corrected chi connectivity index (χ4v) is 4.27. The van der Waals surface area contributed by atoms with Crippen LogP contribution in [0.1, 0.15) is 23.5 Å². The molecule has 4 aromatic rings. The van der Waals surface area contributed by atoms with E-state index in [4.69, 9.17) is 20.3 Å². The van der Waals surface area contributed by atoms with E-state index in [9.17, 15) is 30.0 Å². The van der Waals surface area contributed by atoms with Crippen LogP contribution in [0.15, 0.2) is 57.7 Å². The predicted octanol–water partition coefficient (Wildman–Crippen LogP) is 3.74. The largest absolute Gasteiger partial charge is 0.507 e. The maximum atomic E-state index is 13.1. The molecule has 1 aromatic heterocycles. The van der Waals surface area contributed by atoms with Crippen molar-refractivity contribution < 1.29 is 39.1 Å². The van der Waals surface area contributed by atoms with Crippen LogP contribution in [-0.2, 0) is 4.79 Å². The van der Waals surface area contributed by atoms with Crippen molar-refractivity contribution in [3.05, 3.63) is 69.9 Å². The van der Waals surface area contributed by atoms with Gasteiger partial charge in [-0.05, 0) is 35.9 Å². The maximum Gasteiger partial charge on any atom is 0.312 e. The first-order valence-electron chi connectivity index (χ1n) is 10.7. The van der Waals surface area contributed by atoms with Crippen molar-refractivity contribution in [2.45, 2.75) is 12.3 Å². The van der Waals surface area contributed by atoms with Gasteiger partial charge in [-0.2, -0.15) is 0 Å². The summed E-state index contributed by atoms with van der Waals surface area (Å²) in [5.41, 5.74) is -0.0107. The monoisotopic (exact) mass is 486 g/mol. The Bertz CT molecular complexity index is 1640. The van der Waals surface area contributed by atoms with Gasteiger partial charge < -0.3 is 34.3 Å². The minimum atomic E-state index is -0.930. The van der Waals surface area contributed by atoms with Gasteiger partial charge in [-0.15, -0.1) is 6.42 Å². The lowest BCUT2D eigenvalue weighted by atomic mass is 9.85. The van der Waals surface area contributed by atoms with E-state index in [1.807, 2.05) is 0 Å². The molecule has 4 N–H and O–H groups in total. The molecular weight excluding hydrogens is 468 g/mol. The van der Waals surface area contributed by atoms with Crippen LogP contribution < -0.4 is 14.9 Å². The molecule has 0 unspecified atom stereocenters. The zero-order valence-electron chi connectivity index (χ0n) is 18.5.